The number of benzene rings is 4. The molecule has 0 aromatic heterocycles. The Morgan fingerprint density at radius 3 is 2.05 bits per heavy atom. The van der Waals surface area contributed by atoms with Crippen molar-refractivity contribution < 1.29 is 39.8 Å². The van der Waals surface area contributed by atoms with Crippen LogP contribution in [0, 0.1) is 0 Å². The normalized spacial score (nSPS) is 12.6. The zero-order valence-corrected chi connectivity index (χ0v) is 20.8. The highest BCUT2D eigenvalue weighted by Crippen LogP contribution is 2.37. The molecule has 0 saturated heterocycles. The molecule has 4 aromatic carbocycles. The smallest absolute Gasteiger partial charge is 0.573 e. The Morgan fingerprint density at radius 1 is 0.789 bits per heavy atom. The molecule has 0 radical (unpaired) electrons. The average molecular weight is 564 g/mol. The van der Waals surface area contributed by atoms with Gasteiger partial charge in [0.15, 0.2) is 0 Å². The molecular weight excluding hydrogens is 545 g/mol. The third kappa shape index (κ3) is 6.69. The minimum absolute atomic E-state index is 0.000367. The maximum Gasteiger partial charge on any atom is 0.573 e. The highest BCUT2D eigenvalue weighted by Gasteiger charge is 2.31. The maximum absolute atomic E-state index is 12.6. The van der Waals surface area contributed by atoms with Crippen LogP contribution in [0.15, 0.2) is 102 Å². The molecule has 8 nitrogen and oxygen atoms in total. The summed E-state index contributed by atoms with van der Waals surface area (Å²) < 4.78 is 97.8. The second-order valence-corrected chi connectivity index (χ2v) is 10.1. The minimum atomic E-state index is -4.89. The fourth-order valence-corrected chi connectivity index (χ4v) is 4.96. The quantitative estimate of drug-likeness (QED) is 0.278. The molecule has 0 heterocycles. The number of nitrogens with two attached hydrogens (primary N) is 1. The minimum Gasteiger partial charge on any atom is -0.755 e. The van der Waals surface area contributed by atoms with Gasteiger partial charge < -0.3 is 14.0 Å². The van der Waals surface area contributed by atoms with Gasteiger partial charge in [0.25, 0.3) is 0 Å². The van der Waals surface area contributed by atoms with Gasteiger partial charge in [-0.25, -0.2) is 13.6 Å². The van der Waals surface area contributed by atoms with Crippen LogP contribution in [0.25, 0.3) is 11.1 Å². The van der Waals surface area contributed by atoms with E-state index in [0.29, 0.717) is 21.2 Å². The van der Waals surface area contributed by atoms with Crippen molar-refractivity contribution in [2.45, 2.75) is 11.3 Å². The van der Waals surface area contributed by atoms with Crippen LogP contribution in [-0.2, 0) is 21.3 Å². The summed E-state index contributed by atoms with van der Waals surface area (Å²) in [5.41, 5.74) is 0.349. The second-order valence-electron chi connectivity index (χ2n) is 7.73. The molecular formula is C25H18F3N2O6S2-. The molecule has 0 aliphatic carbocycles. The molecule has 0 aliphatic rings. The van der Waals surface area contributed by atoms with E-state index in [9.17, 15) is 30.4 Å². The van der Waals surface area contributed by atoms with Crippen molar-refractivity contribution in [2.75, 3.05) is 4.31 Å². The summed E-state index contributed by atoms with van der Waals surface area (Å²) in [6, 6.07) is 23.0. The van der Waals surface area contributed by atoms with Gasteiger partial charge in [-0.1, -0.05) is 42.5 Å². The average Bonchev–Trinajstić information content (AvgIpc) is 2.84. The lowest BCUT2D eigenvalue weighted by Gasteiger charge is -2.28. The number of para-hydroxylation sites is 1. The van der Waals surface area contributed by atoms with Crippen LogP contribution in [-0.4, -0.2) is 23.5 Å². The number of nitrogens with zero attached hydrogens (tertiary/aromatic N) is 1. The van der Waals surface area contributed by atoms with Crippen molar-refractivity contribution in [1.82, 2.24) is 0 Å². The number of hydrogen-bond acceptors (Lipinski definition) is 6. The Bertz CT molecular complexity index is 1580. The first-order valence-electron chi connectivity index (χ1n) is 10.7. The molecule has 1 unspecified atom stereocenters. The van der Waals surface area contributed by atoms with Crippen molar-refractivity contribution in [3.8, 4) is 28.4 Å². The van der Waals surface area contributed by atoms with Gasteiger partial charge in [-0.3, -0.25) is 8.51 Å². The molecule has 0 fully saturated rings. The summed E-state index contributed by atoms with van der Waals surface area (Å²) in [4.78, 5) is -0.527. The lowest BCUT2D eigenvalue weighted by atomic mass is 10.0. The van der Waals surface area contributed by atoms with Gasteiger partial charge in [-0.2, -0.15) is 0 Å². The Balaban J connectivity index is 1.76. The van der Waals surface area contributed by atoms with E-state index in [1.165, 1.54) is 42.5 Å². The third-order valence-corrected chi connectivity index (χ3v) is 6.71. The zero-order valence-electron chi connectivity index (χ0n) is 19.2. The van der Waals surface area contributed by atoms with E-state index in [1.54, 1.807) is 36.4 Å². The molecule has 0 aliphatic heterocycles. The molecule has 0 spiro atoms. The lowest BCUT2D eigenvalue weighted by Crippen LogP contribution is -2.24. The lowest BCUT2D eigenvalue weighted by molar-refractivity contribution is -0.274. The number of halogens is 3. The van der Waals surface area contributed by atoms with E-state index < -0.39 is 38.3 Å². The molecule has 4 aromatic rings. The van der Waals surface area contributed by atoms with E-state index in [4.69, 9.17) is 9.88 Å². The number of primary sulfonamides is 1. The first kappa shape index (κ1) is 27.1. The van der Waals surface area contributed by atoms with Crippen LogP contribution < -0.4 is 18.9 Å². The SMILES string of the molecule is NS(=O)(=O)c1cc(Oc2ccccc2)ccc1N(c1cccc(-c2cccc(OC(F)(F)F)c2)c1)S(=O)[O-]. The number of hydrogen-bond donors (Lipinski definition) is 1. The van der Waals surface area contributed by atoms with E-state index >= 15 is 0 Å². The van der Waals surface area contributed by atoms with Crippen LogP contribution >= 0.6 is 0 Å². The number of anilines is 2. The molecule has 2 N–H and O–H groups in total. The summed E-state index contributed by atoms with van der Waals surface area (Å²) >= 11 is -3.03. The number of sulfonamides is 1. The Kier molecular flexibility index (Phi) is 7.73. The highest BCUT2D eigenvalue weighted by molar-refractivity contribution is 7.89. The molecule has 0 saturated carbocycles. The van der Waals surface area contributed by atoms with E-state index in [0.717, 1.165) is 18.2 Å². The van der Waals surface area contributed by atoms with Crippen LogP contribution in [0.4, 0.5) is 24.5 Å². The zero-order chi connectivity index (χ0) is 27.5. The third-order valence-electron chi connectivity index (χ3n) is 5.07. The van der Waals surface area contributed by atoms with Gasteiger partial charge in [0.2, 0.25) is 10.0 Å². The second kappa shape index (κ2) is 10.8. The first-order chi connectivity index (χ1) is 17.9. The molecule has 0 amide bonds. The van der Waals surface area contributed by atoms with E-state index in [2.05, 4.69) is 4.74 Å². The Hall–Kier alpha value is -3.91. The number of alkyl halides is 3. The Morgan fingerprint density at radius 2 is 1.42 bits per heavy atom. The monoisotopic (exact) mass is 563 g/mol. The van der Waals surface area contributed by atoms with Crippen molar-refractivity contribution in [3.05, 3.63) is 97.1 Å². The number of rotatable bonds is 8. The molecule has 38 heavy (non-hydrogen) atoms. The predicted octanol–water partition coefficient (Wildman–Crippen LogP) is 5.62. The van der Waals surface area contributed by atoms with Gasteiger partial charge in [-0.05, 0) is 59.7 Å². The summed E-state index contributed by atoms with van der Waals surface area (Å²) in [6.45, 7) is 0. The molecule has 0 bridgehead atoms. The van der Waals surface area contributed by atoms with Gasteiger partial charge in [0.05, 0.1) is 22.6 Å². The van der Waals surface area contributed by atoms with Crippen molar-refractivity contribution in [1.29, 1.82) is 0 Å². The fourth-order valence-electron chi connectivity index (χ4n) is 3.57. The highest BCUT2D eigenvalue weighted by atomic mass is 32.2. The number of ether oxygens (including phenoxy) is 2. The van der Waals surface area contributed by atoms with Crippen molar-refractivity contribution in [2.24, 2.45) is 5.14 Å². The standard InChI is InChI=1S/C25H19F3N2O6S2/c26-25(27,28)36-22-11-5-7-18(15-22)17-6-4-8-19(14-17)30(37(31)32)23-13-12-21(16-24(23)38(29,33)34)35-20-9-2-1-3-10-20/h1-16H,(H,31,32)(H2,29,33,34)/p-1. The molecule has 13 heteroatoms. The van der Waals surface area contributed by atoms with E-state index in [1.807, 2.05) is 0 Å². The summed E-state index contributed by atoms with van der Waals surface area (Å²) in [5, 5.41) is 5.41. The largest absolute Gasteiger partial charge is 0.755 e. The topological polar surface area (TPSA) is 122 Å². The van der Waals surface area contributed by atoms with E-state index in [-0.39, 0.29) is 17.1 Å². The summed E-state index contributed by atoms with van der Waals surface area (Å²) in [5.74, 6) is 0.0420. The van der Waals surface area contributed by atoms with Crippen LogP contribution in [0.2, 0.25) is 0 Å². The van der Waals surface area contributed by atoms with Gasteiger partial charge in [0, 0.05) is 6.07 Å². The molecule has 1 atom stereocenters. The summed E-state index contributed by atoms with van der Waals surface area (Å²) in [7, 11) is -4.44. The van der Waals surface area contributed by atoms with Crippen LogP contribution in [0.3, 0.4) is 0 Å². The van der Waals surface area contributed by atoms with Crippen LogP contribution in [0.5, 0.6) is 17.2 Å². The van der Waals surface area contributed by atoms with Crippen LogP contribution in [0.1, 0.15) is 0 Å². The summed E-state index contributed by atoms with van der Waals surface area (Å²) in [6.07, 6.45) is -4.89. The van der Waals surface area contributed by atoms with Gasteiger partial charge in [-0.15, -0.1) is 13.2 Å². The van der Waals surface area contributed by atoms with Gasteiger partial charge in [0.1, 0.15) is 22.1 Å². The molecule has 4 rings (SSSR count). The fraction of sp³-hybridized carbons (Fsp3) is 0.0400. The predicted molar refractivity (Wildman–Crippen MR) is 134 cm³/mol. The first-order valence-corrected chi connectivity index (χ1v) is 13.2. The van der Waals surface area contributed by atoms with Crippen molar-refractivity contribution >= 4 is 32.7 Å². The Labute approximate surface area is 218 Å². The molecule has 198 valence electrons. The van der Waals surface area contributed by atoms with Gasteiger partial charge >= 0.3 is 6.36 Å². The van der Waals surface area contributed by atoms with Crippen molar-refractivity contribution in [3.63, 3.8) is 0 Å². The maximum atomic E-state index is 12.6.